The van der Waals surface area contributed by atoms with E-state index in [0.29, 0.717) is 12.2 Å². The number of aliphatic hydroxyl groups is 1. The summed E-state index contributed by atoms with van der Waals surface area (Å²) >= 11 is 0. The number of nitrogens with two attached hydrogens (primary N) is 1. The van der Waals surface area contributed by atoms with Crippen molar-refractivity contribution >= 4 is 5.69 Å². The van der Waals surface area contributed by atoms with Crippen molar-refractivity contribution in [3.05, 3.63) is 29.8 Å². The number of benzene rings is 1. The van der Waals surface area contributed by atoms with Crippen molar-refractivity contribution in [1.29, 1.82) is 0 Å². The van der Waals surface area contributed by atoms with E-state index in [1.54, 1.807) is 0 Å². The van der Waals surface area contributed by atoms with Crippen molar-refractivity contribution in [2.45, 2.75) is 25.9 Å². The molecule has 1 unspecified atom stereocenters. The van der Waals surface area contributed by atoms with Crippen LogP contribution in [0.15, 0.2) is 24.3 Å². The molecule has 0 heterocycles. The lowest BCUT2D eigenvalue weighted by Crippen LogP contribution is -2.26. The van der Waals surface area contributed by atoms with Crippen molar-refractivity contribution in [1.82, 2.24) is 4.90 Å². The second kappa shape index (κ2) is 6.51. The highest BCUT2D eigenvalue weighted by Crippen LogP contribution is 2.20. The van der Waals surface area contributed by atoms with Gasteiger partial charge in [-0.3, -0.25) is 0 Å². The molecule has 1 aromatic rings. The van der Waals surface area contributed by atoms with Gasteiger partial charge in [-0.1, -0.05) is 31.5 Å². The summed E-state index contributed by atoms with van der Waals surface area (Å²) in [6, 6.07) is 7.49. The number of unbranched alkanes of at least 4 members (excludes halogenated alkanes) is 1. The molecule has 3 N–H and O–H groups in total. The first kappa shape index (κ1) is 13.0. The predicted molar refractivity (Wildman–Crippen MR) is 68.2 cm³/mol. The van der Waals surface area contributed by atoms with E-state index in [4.69, 9.17) is 5.73 Å². The number of anilines is 1. The van der Waals surface area contributed by atoms with Crippen LogP contribution in [0, 0.1) is 0 Å². The van der Waals surface area contributed by atoms with Crippen LogP contribution < -0.4 is 5.73 Å². The molecule has 0 fully saturated rings. The maximum absolute atomic E-state index is 10.0. The predicted octanol–water partition coefficient (Wildman–Crippen LogP) is 2.03. The average Bonchev–Trinajstić information content (AvgIpc) is 2.26. The molecule has 0 saturated carbocycles. The van der Waals surface area contributed by atoms with E-state index in [1.165, 1.54) is 6.42 Å². The number of rotatable bonds is 6. The number of nitrogen functional groups attached to an aromatic ring is 1. The van der Waals surface area contributed by atoms with Gasteiger partial charge in [-0.15, -0.1) is 0 Å². The van der Waals surface area contributed by atoms with E-state index < -0.39 is 6.10 Å². The Morgan fingerprint density at radius 3 is 2.69 bits per heavy atom. The number of para-hydroxylation sites is 1. The molecule has 16 heavy (non-hydrogen) atoms. The molecule has 3 nitrogen and oxygen atoms in total. The summed E-state index contributed by atoms with van der Waals surface area (Å²) in [6.45, 7) is 3.81. The minimum atomic E-state index is -0.497. The highest BCUT2D eigenvalue weighted by Gasteiger charge is 2.12. The van der Waals surface area contributed by atoms with E-state index >= 15 is 0 Å². The average molecular weight is 222 g/mol. The van der Waals surface area contributed by atoms with Crippen LogP contribution in [0.1, 0.15) is 31.4 Å². The fourth-order valence-electron chi connectivity index (χ4n) is 1.73. The summed E-state index contributed by atoms with van der Waals surface area (Å²) in [4.78, 5) is 2.14. The van der Waals surface area contributed by atoms with Crippen molar-refractivity contribution < 1.29 is 5.11 Å². The number of likely N-dealkylation sites (N-methyl/N-ethyl adjacent to an activating group) is 1. The van der Waals surface area contributed by atoms with Crippen molar-refractivity contribution in [3.63, 3.8) is 0 Å². The molecule has 1 atom stereocenters. The van der Waals surface area contributed by atoms with E-state index in [2.05, 4.69) is 11.8 Å². The van der Waals surface area contributed by atoms with Crippen LogP contribution in [0.25, 0.3) is 0 Å². The molecule has 90 valence electrons. The normalized spacial score (nSPS) is 13.0. The van der Waals surface area contributed by atoms with Gasteiger partial charge in [0.2, 0.25) is 0 Å². The maximum Gasteiger partial charge on any atom is 0.0936 e. The van der Waals surface area contributed by atoms with Crippen molar-refractivity contribution in [2.75, 3.05) is 25.9 Å². The molecule has 0 aromatic heterocycles. The molecule has 0 saturated heterocycles. The molecule has 0 amide bonds. The molecular formula is C13H22N2O. The summed E-state index contributed by atoms with van der Waals surface area (Å²) in [6.07, 6.45) is 1.84. The quantitative estimate of drug-likeness (QED) is 0.724. The van der Waals surface area contributed by atoms with Gasteiger partial charge in [-0.05, 0) is 26.1 Å². The third-order valence-electron chi connectivity index (χ3n) is 2.73. The third-order valence-corrected chi connectivity index (χ3v) is 2.73. The summed E-state index contributed by atoms with van der Waals surface area (Å²) in [5.41, 5.74) is 7.31. The molecule has 0 aliphatic carbocycles. The number of hydrogen-bond acceptors (Lipinski definition) is 3. The Balaban J connectivity index is 2.52. The number of hydrogen-bond donors (Lipinski definition) is 2. The first-order chi connectivity index (χ1) is 7.65. The van der Waals surface area contributed by atoms with Crippen LogP contribution in [0.5, 0.6) is 0 Å². The van der Waals surface area contributed by atoms with E-state index in [0.717, 1.165) is 18.5 Å². The summed E-state index contributed by atoms with van der Waals surface area (Å²) < 4.78 is 0. The summed E-state index contributed by atoms with van der Waals surface area (Å²) in [5.74, 6) is 0. The van der Waals surface area contributed by atoms with Crippen LogP contribution in [-0.2, 0) is 0 Å². The lowest BCUT2D eigenvalue weighted by atomic mass is 10.1. The molecule has 0 spiro atoms. The van der Waals surface area contributed by atoms with Gasteiger partial charge < -0.3 is 15.7 Å². The van der Waals surface area contributed by atoms with Crippen LogP contribution in [-0.4, -0.2) is 30.1 Å². The number of nitrogens with zero attached hydrogens (tertiary/aromatic N) is 1. The molecule has 0 aliphatic rings. The van der Waals surface area contributed by atoms with Gasteiger partial charge >= 0.3 is 0 Å². The van der Waals surface area contributed by atoms with Gasteiger partial charge in [0, 0.05) is 17.8 Å². The minimum Gasteiger partial charge on any atom is -0.398 e. The maximum atomic E-state index is 10.0. The molecule has 1 aromatic carbocycles. The second-order valence-corrected chi connectivity index (χ2v) is 4.26. The summed E-state index contributed by atoms with van der Waals surface area (Å²) in [7, 11) is 2.03. The van der Waals surface area contributed by atoms with Gasteiger partial charge in [0.15, 0.2) is 0 Å². The fourth-order valence-corrected chi connectivity index (χ4v) is 1.73. The molecule has 0 radical (unpaired) electrons. The third kappa shape index (κ3) is 3.83. The van der Waals surface area contributed by atoms with E-state index in [9.17, 15) is 5.11 Å². The van der Waals surface area contributed by atoms with Crippen LogP contribution in [0.3, 0.4) is 0 Å². The molecule has 1 rings (SSSR count). The zero-order chi connectivity index (χ0) is 12.0. The number of aliphatic hydroxyl groups excluding tert-OH is 1. The topological polar surface area (TPSA) is 49.5 Å². The first-order valence-electron chi connectivity index (χ1n) is 5.86. The molecule has 0 aliphatic heterocycles. The zero-order valence-electron chi connectivity index (χ0n) is 10.2. The molecule has 3 heteroatoms. The lowest BCUT2D eigenvalue weighted by molar-refractivity contribution is 0.127. The van der Waals surface area contributed by atoms with Crippen LogP contribution >= 0.6 is 0 Å². The second-order valence-electron chi connectivity index (χ2n) is 4.26. The summed E-state index contributed by atoms with van der Waals surface area (Å²) in [5, 5.41) is 10.0. The van der Waals surface area contributed by atoms with Crippen LogP contribution in [0.2, 0.25) is 0 Å². The Kier molecular flexibility index (Phi) is 5.29. The standard InChI is InChI=1S/C13H22N2O/c1-3-4-9-15(2)10-13(16)11-7-5-6-8-12(11)14/h5-8,13,16H,3-4,9-10,14H2,1-2H3. The van der Waals surface area contributed by atoms with Gasteiger partial charge in [0.05, 0.1) is 6.10 Å². The Morgan fingerprint density at radius 2 is 2.06 bits per heavy atom. The Bertz CT molecular complexity index is 315. The highest BCUT2D eigenvalue weighted by atomic mass is 16.3. The molecule has 0 bridgehead atoms. The fraction of sp³-hybridized carbons (Fsp3) is 0.538. The minimum absolute atomic E-state index is 0.497. The van der Waals surface area contributed by atoms with Gasteiger partial charge in [-0.2, -0.15) is 0 Å². The largest absolute Gasteiger partial charge is 0.398 e. The highest BCUT2D eigenvalue weighted by molar-refractivity contribution is 5.47. The van der Waals surface area contributed by atoms with E-state index in [-0.39, 0.29) is 0 Å². The lowest BCUT2D eigenvalue weighted by Gasteiger charge is -2.21. The van der Waals surface area contributed by atoms with Gasteiger partial charge in [0.25, 0.3) is 0 Å². The molecular weight excluding hydrogens is 200 g/mol. The van der Waals surface area contributed by atoms with Crippen LogP contribution in [0.4, 0.5) is 5.69 Å². The Hall–Kier alpha value is -1.06. The zero-order valence-corrected chi connectivity index (χ0v) is 10.2. The SMILES string of the molecule is CCCCN(C)CC(O)c1ccccc1N. The van der Waals surface area contributed by atoms with E-state index in [1.807, 2.05) is 31.3 Å². The van der Waals surface area contributed by atoms with Gasteiger partial charge in [0.1, 0.15) is 0 Å². The Labute approximate surface area is 97.9 Å². The van der Waals surface area contributed by atoms with Crippen molar-refractivity contribution in [3.8, 4) is 0 Å². The monoisotopic (exact) mass is 222 g/mol. The van der Waals surface area contributed by atoms with Gasteiger partial charge in [-0.25, -0.2) is 0 Å². The smallest absolute Gasteiger partial charge is 0.0936 e. The first-order valence-corrected chi connectivity index (χ1v) is 5.86. The van der Waals surface area contributed by atoms with Crippen molar-refractivity contribution in [2.24, 2.45) is 0 Å². The Morgan fingerprint density at radius 1 is 1.38 bits per heavy atom.